The molecule has 0 aliphatic heterocycles. The van der Waals surface area contributed by atoms with Gasteiger partial charge in [-0.05, 0) is 25.5 Å². The molecule has 0 radical (unpaired) electrons. The van der Waals surface area contributed by atoms with E-state index in [2.05, 4.69) is 5.32 Å². The monoisotopic (exact) mass is 247 g/mol. The van der Waals surface area contributed by atoms with Gasteiger partial charge < -0.3 is 5.32 Å². The highest BCUT2D eigenvalue weighted by atomic mass is 35.5. The van der Waals surface area contributed by atoms with Gasteiger partial charge in [-0.2, -0.15) is 0 Å². The van der Waals surface area contributed by atoms with Crippen LogP contribution in [0.2, 0.25) is 0 Å². The van der Waals surface area contributed by atoms with Crippen molar-refractivity contribution in [3.8, 4) is 0 Å². The molecule has 16 heavy (non-hydrogen) atoms. The third-order valence-electron chi connectivity index (χ3n) is 2.42. The van der Waals surface area contributed by atoms with E-state index in [1.54, 1.807) is 6.07 Å². The quantitative estimate of drug-likeness (QED) is 0.600. The Morgan fingerprint density at radius 3 is 2.81 bits per heavy atom. The summed E-state index contributed by atoms with van der Waals surface area (Å²) < 4.78 is 26.1. The van der Waals surface area contributed by atoms with Crippen LogP contribution < -0.4 is 5.32 Å². The molecule has 0 heterocycles. The van der Waals surface area contributed by atoms with Crippen molar-refractivity contribution in [3.63, 3.8) is 0 Å². The highest BCUT2D eigenvalue weighted by molar-refractivity contribution is 6.20. The molecule has 0 aliphatic carbocycles. The Morgan fingerprint density at radius 1 is 1.38 bits per heavy atom. The van der Waals surface area contributed by atoms with Crippen LogP contribution in [0.4, 0.5) is 8.78 Å². The first kappa shape index (κ1) is 13.4. The standard InChI is InChI=1S/C12H16ClF2N/c1-2-10(13)6-7-16-8-9-4-3-5-11(14)12(9)15/h3-5,10,16H,2,6-8H2,1H3. The fraction of sp³-hybridized carbons (Fsp3) is 0.500. The van der Waals surface area contributed by atoms with Crippen molar-refractivity contribution in [2.45, 2.75) is 31.7 Å². The summed E-state index contributed by atoms with van der Waals surface area (Å²) in [6.45, 7) is 3.05. The van der Waals surface area contributed by atoms with E-state index < -0.39 is 11.6 Å². The van der Waals surface area contributed by atoms with Crippen molar-refractivity contribution in [1.29, 1.82) is 0 Å². The number of hydrogen-bond acceptors (Lipinski definition) is 1. The summed E-state index contributed by atoms with van der Waals surface area (Å²) in [4.78, 5) is 0. The largest absolute Gasteiger partial charge is 0.313 e. The van der Waals surface area contributed by atoms with Gasteiger partial charge in [0.2, 0.25) is 0 Å². The fourth-order valence-electron chi connectivity index (χ4n) is 1.37. The molecule has 0 spiro atoms. The molecule has 1 rings (SSSR count). The number of hydrogen-bond donors (Lipinski definition) is 1. The van der Waals surface area contributed by atoms with Gasteiger partial charge in [-0.3, -0.25) is 0 Å². The minimum absolute atomic E-state index is 0.143. The van der Waals surface area contributed by atoms with E-state index in [0.717, 1.165) is 18.9 Å². The van der Waals surface area contributed by atoms with E-state index in [1.165, 1.54) is 6.07 Å². The van der Waals surface area contributed by atoms with Crippen LogP contribution in [-0.2, 0) is 6.54 Å². The average molecular weight is 248 g/mol. The maximum absolute atomic E-state index is 13.2. The van der Waals surface area contributed by atoms with Gasteiger partial charge in [0.05, 0.1) is 0 Å². The zero-order chi connectivity index (χ0) is 12.0. The summed E-state index contributed by atoms with van der Waals surface area (Å²) in [5.74, 6) is -1.57. The first-order valence-electron chi connectivity index (χ1n) is 5.42. The Bertz CT molecular complexity index is 331. The van der Waals surface area contributed by atoms with Gasteiger partial charge in [-0.25, -0.2) is 8.78 Å². The molecule has 1 aromatic rings. The summed E-state index contributed by atoms with van der Waals surface area (Å²) in [6.07, 6.45) is 1.74. The van der Waals surface area contributed by atoms with Gasteiger partial charge in [0.15, 0.2) is 11.6 Å². The van der Waals surface area contributed by atoms with E-state index in [1.807, 2.05) is 6.92 Å². The second kappa shape index (κ2) is 6.81. The average Bonchev–Trinajstić information content (AvgIpc) is 2.29. The van der Waals surface area contributed by atoms with Crippen LogP contribution in [0.15, 0.2) is 18.2 Å². The zero-order valence-corrected chi connectivity index (χ0v) is 10.0. The van der Waals surface area contributed by atoms with Crippen LogP contribution in [0.25, 0.3) is 0 Å². The lowest BCUT2D eigenvalue weighted by Crippen LogP contribution is -2.18. The van der Waals surface area contributed by atoms with Crippen LogP contribution >= 0.6 is 11.6 Å². The number of halogens is 3. The van der Waals surface area contributed by atoms with Crippen molar-refractivity contribution in [1.82, 2.24) is 5.32 Å². The van der Waals surface area contributed by atoms with Crippen LogP contribution in [0.1, 0.15) is 25.3 Å². The molecular formula is C12H16ClF2N. The highest BCUT2D eigenvalue weighted by Gasteiger charge is 2.07. The summed E-state index contributed by atoms with van der Waals surface area (Å²) >= 11 is 5.93. The van der Waals surface area contributed by atoms with Gasteiger partial charge in [0, 0.05) is 17.5 Å². The minimum atomic E-state index is -0.803. The van der Waals surface area contributed by atoms with Gasteiger partial charge in [-0.1, -0.05) is 19.1 Å². The van der Waals surface area contributed by atoms with Gasteiger partial charge in [0.1, 0.15) is 0 Å². The normalized spacial score (nSPS) is 12.8. The summed E-state index contributed by atoms with van der Waals surface area (Å²) in [5, 5.41) is 3.19. The molecule has 0 saturated carbocycles. The molecule has 0 aliphatic rings. The van der Waals surface area contributed by atoms with E-state index in [0.29, 0.717) is 18.7 Å². The van der Waals surface area contributed by atoms with Crippen molar-refractivity contribution < 1.29 is 8.78 Å². The number of nitrogens with one attached hydrogen (secondary N) is 1. The molecule has 0 bridgehead atoms. The molecular weight excluding hydrogens is 232 g/mol. The molecule has 0 fully saturated rings. The van der Waals surface area contributed by atoms with Crippen LogP contribution in [0, 0.1) is 11.6 Å². The van der Waals surface area contributed by atoms with E-state index in [4.69, 9.17) is 11.6 Å². The number of alkyl halides is 1. The summed E-state index contributed by atoms with van der Waals surface area (Å²) in [5.41, 5.74) is 0.350. The Hall–Kier alpha value is -0.670. The van der Waals surface area contributed by atoms with E-state index >= 15 is 0 Å². The lowest BCUT2D eigenvalue weighted by molar-refractivity contribution is 0.491. The maximum atomic E-state index is 13.2. The van der Waals surface area contributed by atoms with E-state index in [-0.39, 0.29) is 5.38 Å². The Morgan fingerprint density at radius 2 is 2.12 bits per heavy atom. The van der Waals surface area contributed by atoms with Crippen molar-refractivity contribution >= 4 is 11.6 Å². The minimum Gasteiger partial charge on any atom is -0.313 e. The molecule has 1 aromatic carbocycles. The predicted octanol–water partition coefficient (Wildman–Crippen LogP) is 3.46. The molecule has 1 atom stereocenters. The highest BCUT2D eigenvalue weighted by Crippen LogP contribution is 2.11. The smallest absolute Gasteiger partial charge is 0.163 e. The maximum Gasteiger partial charge on any atom is 0.163 e. The molecule has 0 aromatic heterocycles. The molecule has 1 N–H and O–H groups in total. The van der Waals surface area contributed by atoms with Crippen LogP contribution in [0.5, 0.6) is 0 Å². The predicted molar refractivity (Wildman–Crippen MR) is 62.6 cm³/mol. The van der Waals surface area contributed by atoms with Crippen molar-refractivity contribution in [2.24, 2.45) is 0 Å². The van der Waals surface area contributed by atoms with Gasteiger partial charge in [0.25, 0.3) is 0 Å². The van der Waals surface area contributed by atoms with Crippen molar-refractivity contribution in [3.05, 3.63) is 35.4 Å². The second-order valence-electron chi connectivity index (χ2n) is 3.68. The van der Waals surface area contributed by atoms with Crippen molar-refractivity contribution in [2.75, 3.05) is 6.54 Å². The molecule has 4 heteroatoms. The van der Waals surface area contributed by atoms with Gasteiger partial charge >= 0.3 is 0 Å². The lowest BCUT2D eigenvalue weighted by atomic mass is 10.2. The second-order valence-corrected chi connectivity index (χ2v) is 4.30. The Balaban J connectivity index is 2.35. The summed E-state index contributed by atoms with van der Waals surface area (Å²) in [7, 11) is 0. The SMILES string of the molecule is CCC(Cl)CCNCc1cccc(F)c1F. The molecule has 1 unspecified atom stereocenters. The van der Waals surface area contributed by atoms with E-state index in [9.17, 15) is 8.78 Å². The third-order valence-corrected chi connectivity index (χ3v) is 2.95. The van der Waals surface area contributed by atoms with Gasteiger partial charge in [-0.15, -0.1) is 11.6 Å². The fourth-order valence-corrected chi connectivity index (χ4v) is 1.48. The van der Waals surface area contributed by atoms with Crippen LogP contribution in [-0.4, -0.2) is 11.9 Å². The molecule has 0 saturated heterocycles. The first-order valence-corrected chi connectivity index (χ1v) is 5.86. The Kier molecular flexibility index (Phi) is 5.71. The summed E-state index contributed by atoms with van der Waals surface area (Å²) in [6, 6.07) is 4.19. The molecule has 90 valence electrons. The first-order chi connectivity index (χ1) is 7.65. The molecule has 1 nitrogen and oxygen atoms in total. The third kappa shape index (κ3) is 4.06. The number of benzene rings is 1. The number of rotatable bonds is 6. The lowest BCUT2D eigenvalue weighted by Gasteiger charge is -2.08. The zero-order valence-electron chi connectivity index (χ0n) is 9.27. The Labute approximate surface area is 99.8 Å². The topological polar surface area (TPSA) is 12.0 Å². The van der Waals surface area contributed by atoms with Crippen LogP contribution in [0.3, 0.4) is 0 Å². The molecule has 0 amide bonds.